The number of hydrogen-bond donors (Lipinski definition) is 1. The third-order valence-corrected chi connectivity index (χ3v) is 2.95. The molecule has 104 valence electrons. The molecule has 0 aliphatic carbocycles. The average Bonchev–Trinajstić information content (AvgIpc) is 2.83. The molecule has 0 radical (unpaired) electrons. The van der Waals surface area contributed by atoms with E-state index in [1.54, 1.807) is 13.4 Å². The van der Waals surface area contributed by atoms with Crippen molar-refractivity contribution in [3.05, 3.63) is 40.9 Å². The summed E-state index contributed by atoms with van der Waals surface area (Å²) in [5.74, 6) is 0.917. The molecule has 1 aromatic heterocycles. The number of H-pyrrole nitrogens is 1. The van der Waals surface area contributed by atoms with Gasteiger partial charge in [-0.2, -0.15) is 5.10 Å². The summed E-state index contributed by atoms with van der Waals surface area (Å²) in [4.78, 5) is 0. The third-order valence-electron chi connectivity index (χ3n) is 2.63. The Morgan fingerprint density at radius 1 is 1.32 bits per heavy atom. The van der Waals surface area contributed by atoms with Crippen LogP contribution in [0.25, 0.3) is 0 Å². The number of aryl methyl sites for hydroxylation is 2. The van der Waals surface area contributed by atoms with Crippen LogP contribution in [-0.2, 0) is 6.54 Å². The summed E-state index contributed by atoms with van der Waals surface area (Å²) in [5, 5.41) is 6.51. The smallest absolute Gasteiger partial charge is 0.194 e. The standard InChI is InChI=1S/C8H10O.C6H11N3S/c1-7-3-5-8(9-2)6-4-7;1-2-3-4-9-5-7-8-6(9)10/h3-6H,1-2H3;5H,2-4H2,1H3,(H,8,10). The Morgan fingerprint density at radius 2 is 2.00 bits per heavy atom. The Balaban J connectivity index is 0.000000191. The van der Waals surface area contributed by atoms with Crippen LogP contribution in [0.5, 0.6) is 5.75 Å². The number of benzene rings is 1. The Morgan fingerprint density at radius 3 is 2.47 bits per heavy atom. The predicted molar refractivity (Wildman–Crippen MR) is 80.1 cm³/mol. The van der Waals surface area contributed by atoms with Gasteiger partial charge in [0.05, 0.1) is 7.11 Å². The molecule has 2 rings (SSSR count). The van der Waals surface area contributed by atoms with E-state index in [1.807, 2.05) is 28.8 Å². The molecule has 0 bridgehead atoms. The highest BCUT2D eigenvalue weighted by molar-refractivity contribution is 7.71. The SMILES string of the molecule is CCCCn1cn[nH]c1=S.COc1ccc(C)cc1. The Labute approximate surface area is 119 Å². The van der Waals surface area contributed by atoms with Gasteiger partial charge in [-0.3, -0.25) is 5.10 Å². The lowest BCUT2D eigenvalue weighted by atomic mass is 10.2. The molecule has 5 heteroatoms. The number of methoxy groups -OCH3 is 1. The minimum Gasteiger partial charge on any atom is -0.497 e. The van der Waals surface area contributed by atoms with Crippen LogP contribution < -0.4 is 4.74 Å². The maximum atomic E-state index is 4.97. The first-order chi connectivity index (χ1) is 9.17. The second-order valence-electron chi connectivity index (χ2n) is 4.23. The van der Waals surface area contributed by atoms with Crippen molar-refractivity contribution in [2.24, 2.45) is 0 Å². The van der Waals surface area contributed by atoms with Crippen molar-refractivity contribution in [3.8, 4) is 5.75 Å². The highest BCUT2D eigenvalue weighted by atomic mass is 32.1. The lowest BCUT2D eigenvalue weighted by molar-refractivity contribution is 0.414. The summed E-state index contributed by atoms with van der Waals surface area (Å²) < 4.78 is 7.63. The van der Waals surface area contributed by atoms with Gasteiger partial charge in [-0.1, -0.05) is 31.0 Å². The van der Waals surface area contributed by atoms with E-state index in [1.165, 1.54) is 12.0 Å². The quantitative estimate of drug-likeness (QED) is 0.867. The molecule has 0 aliphatic rings. The number of ether oxygens (including phenoxy) is 1. The topological polar surface area (TPSA) is 42.8 Å². The molecule has 1 aromatic carbocycles. The molecular formula is C14H21N3OS. The highest BCUT2D eigenvalue weighted by Gasteiger charge is 1.90. The van der Waals surface area contributed by atoms with Gasteiger partial charge in [-0.25, -0.2) is 0 Å². The molecule has 0 saturated heterocycles. The van der Waals surface area contributed by atoms with E-state index in [0.29, 0.717) is 4.77 Å². The lowest BCUT2D eigenvalue weighted by Gasteiger charge is -1.97. The van der Waals surface area contributed by atoms with Crippen LogP contribution in [0.15, 0.2) is 30.6 Å². The molecular weight excluding hydrogens is 258 g/mol. The first-order valence-corrected chi connectivity index (χ1v) is 6.78. The van der Waals surface area contributed by atoms with Gasteiger partial charge >= 0.3 is 0 Å². The van der Waals surface area contributed by atoms with Crippen molar-refractivity contribution >= 4 is 12.2 Å². The average molecular weight is 279 g/mol. The van der Waals surface area contributed by atoms with Crippen molar-refractivity contribution in [1.29, 1.82) is 0 Å². The summed E-state index contributed by atoms with van der Waals surface area (Å²) in [6, 6.07) is 7.96. The minimum absolute atomic E-state index is 0.716. The molecule has 2 aromatic rings. The lowest BCUT2D eigenvalue weighted by Crippen LogP contribution is -1.94. The third kappa shape index (κ3) is 5.70. The second kappa shape index (κ2) is 8.48. The number of nitrogens with zero attached hydrogens (tertiary/aromatic N) is 2. The molecule has 0 spiro atoms. The van der Waals surface area contributed by atoms with Crippen molar-refractivity contribution in [3.63, 3.8) is 0 Å². The van der Waals surface area contributed by atoms with E-state index < -0.39 is 0 Å². The number of nitrogens with one attached hydrogen (secondary N) is 1. The summed E-state index contributed by atoms with van der Waals surface area (Å²) in [6.45, 7) is 5.19. The molecule has 0 fully saturated rings. The fourth-order valence-corrected chi connectivity index (χ4v) is 1.62. The van der Waals surface area contributed by atoms with E-state index in [-0.39, 0.29) is 0 Å². The summed E-state index contributed by atoms with van der Waals surface area (Å²) in [5.41, 5.74) is 1.26. The molecule has 1 N–H and O–H groups in total. The molecule has 0 unspecified atom stereocenters. The number of aromatic amines is 1. The fraction of sp³-hybridized carbons (Fsp3) is 0.429. The van der Waals surface area contributed by atoms with E-state index in [2.05, 4.69) is 24.0 Å². The summed E-state index contributed by atoms with van der Waals surface area (Å²) in [6.07, 6.45) is 4.08. The molecule has 0 saturated carbocycles. The van der Waals surface area contributed by atoms with Gasteiger partial charge in [0.15, 0.2) is 4.77 Å². The number of unbranched alkanes of at least 4 members (excludes halogenated alkanes) is 1. The number of aromatic nitrogens is 3. The van der Waals surface area contributed by atoms with Crippen LogP contribution in [0.2, 0.25) is 0 Å². The maximum Gasteiger partial charge on any atom is 0.194 e. The second-order valence-corrected chi connectivity index (χ2v) is 4.61. The van der Waals surface area contributed by atoms with Crippen molar-refractivity contribution < 1.29 is 4.74 Å². The maximum absolute atomic E-state index is 4.97. The minimum atomic E-state index is 0.716. The fourth-order valence-electron chi connectivity index (χ4n) is 1.43. The Hall–Kier alpha value is -1.62. The van der Waals surface area contributed by atoms with Gasteiger partial charge in [0.1, 0.15) is 12.1 Å². The monoisotopic (exact) mass is 279 g/mol. The van der Waals surface area contributed by atoms with Crippen molar-refractivity contribution in [1.82, 2.24) is 14.8 Å². The zero-order chi connectivity index (χ0) is 14.1. The molecule has 0 amide bonds. The normalized spacial score (nSPS) is 9.63. The Kier molecular flexibility index (Phi) is 6.89. The van der Waals surface area contributed by atoms with E-state index in [0.717, 1.165) is 18.7 Å². The first-order valence-electron chi connectivity index (χ1n) is 6.37. The molecule has 4 nitrogen and oxygen atoms in total. The van der Waals surface area contributed by atoms with Gasteiger partial charge < -0.3 is 9.30 Å². The van der Waals surface area contributed by atoms with Gasteiger partial charge in [0, 0.05) is 6.54 Å². The van der Waals surface area contributed by atoms with Crippen molar-refractivity contribution in [2.75, 3.05) is 7.11 Å². The van der Waals surface area contributed by atoms with Crippen LogP contribution in [-0.4, -0.2) is 21.9 Å². The van der Waals surface area contributed by atoms with Crippen LogP contribution in [0, 0.1) is 11.7 Å². The molecule has 0 atom stereocenters. The van der Waals surface area contributed by atoms with Gasteiger partial charge in [0.25, 0.3) is 0 Å². The van der Waals surface area contributed by atoms with Crippen LogP contribution >= 0.6 is 12.2 Å². The molecule has 19 heavy (non-hydrogen) atoms. The van der Waals surface area contributed by atoms with Gasteiger partial charge in [0.2, 0.25) is 0 Å². The van der Waals surface area contributed by atoms with Gasteiger partial charge in [-0.15, -0.1) is 0 Å². The summed E-state index contributed by atoms with van der Waals surface area (Å²) >= 11 is 4.94. The van der Waals surface area contributed by atoms with E-state index in [4.69, 9.17) is 17.0 Å². The molecule has 0 aliphatic heterocycles. The van der Waals surface area contributed by atoms with Crippen LogP contribution in [0.4, 0.5) is 0 Å². The van der Waals surface area contributed by atoms with E-state index >= 15 is 0 Å². The zero-order valence-electron chi connectivity index (χ0n) is 11.7. The predicted octanol–water partition coefficient (Wildman–Crippen LogP) is 3.74. The first kappa shape index (κ1) is 15.4. The molecule has 1 heterocycles. The highest BCUT2D eigenvalue weighted by Crippen LogP contribution is 2.09. The van der Waals surface area contributed by atoms with Crippen LogP contribution in [0.3, 0.4) is 0 Å². The zero-order valence-corrected chi connectivity index (χ0v) is 12.5. The Bertz CT molecular complexity index is 516. The number of rotatable bonds is 4. The van der Waals surface area contributed by atoms with E-state index in [9.17, 15) is 0 Å². The van der Waals surface area contributed by atoms with Crippen LogP contribution in [0.1, 0.15) is 25.3 Å². The number of hydrogen-bond acceptors (Lipinski definition) is 3. The van der Waals surface area contributed by atoms with Crippen molar-refractivity contribution in [2.45, 2.75) is 33.2 Å². The summed E-state index contributed by atoms with van der Waals surface area (Å²) in [7, 11) is 1.67. The largest absolute Gasteiger partial charge is 0.497 e. The van der Waals surface area contributed by atoms with Gasteiger partial charge in [-0.05, 0) is 37.7 Å².